The Morgan fingerprint density at radius 1 is 1.23 bits per heavy atom. The summed E-state index contributed by atoms with van der Waals surface area (Å²) in [7, 11) is 0. The number of aromatic nitrogens is 2. The number of benzene rings is 1. The maximum Gasteiger partial charge on any atom is 0.308 e. The van der Waals surface area contributed by atoms with Crippen LogP contribution in [0.15, 0.2) is 41.5 Å². The standard InChI is InChI=1S/C23H25N3O4S/c1-15(21(28)24-13-16-7-3-2-4-8-16)30-19(27)11-12-26-14-25-22-20(23(26)29)17-9-5-6-10-18(17)31-22/h2-4,7-8,14-15H,5-6,9-13H2,1H3,(H,24,28). The summed E-state index contributed by atoms with van der Waals surface area (Å²) in [5, 5.41) is 3.45. The van der Waals surface area contributed by atoms with E-state index in [0.717, 1.165) is 41.6 Å². The Kier molecular flexibility index (Phi) is 6.46. The maximum atomic E-state index is 12.9. The number of thiophene rings is 1. The minimum Gasteiger partial charge on any atom is -0.452 e. The molecule has 0 bridgehead atoms. The monoisotopic (exact) mass is 439 g/mol. The van der Waals surface area contributed by atoms with E-state index in [1.54, 1.807) is 11.3 Å². The van der Waals surface area contributed by atoms with E-state index in [9.17, 15) is 14.4 Å². The molecular formula is C23H25N3O4S. The highest BCUT2D eigenvalue weighted by Gasteiger charge is 2.21. The van der Waals surface area contributed by atoms with Crippen LogP contribution in [0.25, 0.3) is 10.2 Å². The van der Waals surface area contributed by atoms with Gasteiger partial charge in [0.25, 0.3) is 11.5 Å². The molecule has 1 N–H and O–H groups in total. The fourth-order valence-electron chi connectivity index (χ4n) is 3.79. The van der Waals surface area contributed by atoms with E-state index in [0.29, 0.717) is 11.9 Å². The molecule has 0 saturated heterocycles. The van der Waals surface area contributed by atoms with Gasteiger partial charge in [0.15, 0.2) is 6.10 Å². The van der Waals surface area contributed by atoms with Crippen LogP contribution in [-0.2, 0) is 40.3 Å². The molecular weight excluding hydrogens is 414 g/mol. The van der Waals surface area contributed by atoms with Gasteiger partial charge in [-0.25, -0.2) is 4.98 Å². The molecule has 162 valence electrons. The SMILES string of the molecule is CC(OC(=O)CCn1cnc2sc3c(c2c1=O)CCCC3)C(=O)NCc1ccccc1. The molecule has 0 saturated carbocycles. The first kappa shape index (κ1) is 21.2. The molecule has 4 rings (SSSR count). The first-order valence-electron chi connectivity index (χ1n) is 10.5. The predicted molar refractivity (Wildman–Crippen MR) is 119 cm³/mol. The minimum absolute atomic E-state index is 0.00424. The van der Waals surface area contributed by atoms with Crippen LogP contribution in [0.3, 0.4) is 0 Å². The van der Waals surface area contributed by atoms with Crippen molar-refractivity contribution < 1.29 is 14.3 Å². The molecule has 1 unspecified atom stereocenters. The molecule has 0 fully saturated rings. The normalized spacial score (nSPS) is 14.1. The van der Waals surface area contributed by atoms with Crippen molar-refractivity contribution in [2.75, 3.05) is 0 Å². The van der Waals surface area contributed by atoms with Crippen molar-refractivity contribution in [2.24, 2.45) is 0 Å². The Morgan fingerprint density at radius 3 is 2.81 bits per heavy atom. The smallest absolute Gasteiger partial charge is 0.308 e. The molecule has 8 heteroatoms. The highest BCUT2D eigenvalue weighted by molar-refractivity contribution is 7.18. The van der Waals surface area contributed by atoms with Crippen molar-refractivity contribution in [3.63, 3.8) is 0 Å². The molecule has 1 aromatic carbocycles. The molecule has 3 aromatic rings. The molecule has 2 aromatic heterocycles. The number of amides is 1. The van der Waals surface area contributed by atoms with E-state index >= 15 is 0 Å². The Balaban J connectivity index is 1.33. The van der Waals surface area contributed by atoms with Gasteiger partial charge in [0, 0.05) is 18.0 Å². The summed E-state index contributed by atoms with van der Waals surface area (Å²) in [5.74, 6) is -0.885. The van der Waals surface area contributed by atoms with Crippen LogP contribution in [0.4, 0.5) is 0 Å². The van der Waals surface area contributed by atoms with Crippen LogP contribution in [0.2, 0.25) is 0 Å². The van der Waals surface area contributed by atoms with Crippen molar-refractivity contribution in [3.8, 4) is 0 Å². The number of aryl methyl sites for hydroxylation is 3. The van der Waals surface area contributed by atoms with E-state index in [-0.39, 0.29) is 24.4 Å². The third-order valence-corrected chi connectivity index (χ3v) is 6.69. The number of hydrogen-bond donors (Lipinski definition) is 1. The van der Waals surface area contributed by atoms with Gasteiger partial charge in [0.2, 0.25) is 0 Å². The number of ether oxygens (including phenoxy) is 1. The number of fused-ring (bicyclic) bond motifs is 3. The van der Waals surface area contributed by atoms with Gasteiger partial charge in [-0.15, -0.1) is 11.3 Å². The molecule has 1 aliphatic rings. The average molecular weight is 440 g/mol. The summed E-state index contributed by atoms with van der Waals surface area (Å²) >= 11 is 1.60. The lowest BCUT2D eigenvalue weighted by atomic mass is 9.97. The van der Waals surface area contributed by atoms with Gasteiger partial charge in [-0.1, -0.05) is 30.3 Å². The lowest BCUT2D eigenvalue weighted by molar-refractivity contribution is -0.155. The molecule has 0 aliphatic heterocycles. The summed E-state index contributed by atoms with van der Waals surface area (Å²) in [4.78, 5) is 43.8. The van der Waals surface area contributed by atoms with Crippen LogP contribution in [0.1, 0.15) is 42.2 Å². The number of nitrogens with one attached hydrogen (secondary N) is 1. The van der Waals surface area contributed by atoms with Crippen molar-refractivity contribution in [1.82, 2.24) is 14.9 Å². The summed E-state index contributed by atoms with van der Waals surface area (Å²) in [6.07, 6.45) is 4.74. The lowest BCUT2D eigenvalue weighted by Crippen LogP contribution is -2.35. The number of hydrogen-bond acceptors (Lipinski definition) is 6. The van der Waals surface area contributed by atoms with Crippen molar-refractivity contribution in [2.45, 2.75) is 58.2 Å². The third-order valence-electron chi connectivity index (χ3n) is 5.49. The number of nitrogens with zero attached hydrogens (tertiary/aromatic N) is 2. The second-order valence-electron chi connectivity index (χ2n) is 7.72. The Hall–Kier alpha value is -3.00. The molecule has 2 heterocycles. The second-order valence-corrected chi connectivity index (χ2v) is 8.80. The van der Waals surface area contributed by atoms with Gasteiger partial charge in [-0.2, -0.15) is 0 Å². The molecule has 0 radical (unpaired) electrons. The highest BCUT2D eigenvalue weighted by atomic mass is 32.1. The van der Waals surface area contributed by atoms with Gasteiger partial charge in [0.1, 0.15) is 4.83 Å². The molecule has 7 nitrogen and oxygen atoms in total. The van der Waals surface area contributed by atoms with Crippen molar-refractivity contribution >= 4 is 33.4 Å². The molecule has 31 heavy (non-hydrogen) atoms. The van der Waals surface area contributed by atoms with Gasteiger partial charge in [0.05, 0.1) is 18.1 Å². The number of esters is 1. The van der Waals surface area contributed by atoms with Crippen molar-refractivity contribution in [1.29, 1.82) is 0 Å². The fourth-order valence-corrected chi connectivity index (χ4v) is 5.01. The first-order chi connectivity index (χ1) is 15.0. The van der Waals surface area contributed by atoms with Gasteiger partial charge in [-0.05, 0) is 43.7 Å². The van der Waals surface area contributed by atoms with E-state index in [4.69, 9.17) is 4.74 Å². The molecule has 1 aliphatic carbocycles. The van der Waals surface area contributed by atoms with Gasteiger partial charge in [-0.3, -0.25) is 19.0 Å². The van der Waals surface area contributed by atoms with Crippen LogP contribution in [0.5, 0.6) is 0 Å². The fraction of sp³-hybridized carbons (Fsp3) is 0.391. The largest absolute Gasteiger partial charge is 0.452 e. The lowest BCUT2D eigenvalue weighted by Gasteiger charge is -2.14. The molecule has 0 spiro atoms. The third kappa shape index (κ3) is 4.85. The molecule has 1 amide bonds. The number of carbonyl (C=O) groups is 2. The minimum atomic E-state index is -0.905. The predicted octanol–water partition coefficient (Wildman–Crippen LogP) is 2.98. The van der Waals surface area contributed by atoms with Crippen LogP contribution >= 0.6 is 11.3 Å². The van der Waals surface area contributed by atoms with Crippen LogP contribution < -0.4 is 10.9 Å². The summed E-state index contributed by atoms with van der Waals surface area (Å²) in [5.41, 5.74) is 1.99. The highest BCUT2D eigenvalue weighted by Crippen LogP contribution is 2.33. The van der Waals surface area contributed by atoms with E-state index in [1.807, 2.05) is 30.3 Å². The Labute approximate surface area is 184 Å². The Morgan fingerprint density at radius 2 is 2.00 bits per heavy atom. The zero-order chi connectivity index (χ0) is 21.8. The molecule has 1 atom stereocenters. The number of carbonyl (C=O) groups excluding carboxylic acids is 2. The zero-order valence-corrected chi connectivity index (χ0v) is 18.2. The summed E-state index contributed by atoms with van der Waals surface area (Å²) in [6, 6.07) is 9.51. The first-order valence-corrected chi connectivity index (χ1v) is 11.4. The van der Waals surface area contributed by atoms with E-state index in [2.05, 4.69) is 10.3 Å². The van der Waals surface area contributed by atoms with Crippen LogP contribution in [0, 0.1) is 0 Å². The summed E-state index contributed by atoms with van der Waals surface area (Å²) < 4.78 is 6.70. The summed E-state index contributed by atoms with van der Waals surface area (Å²) in [6.45, 7) is 2.08. The number of rotatable bonds is 7. The maximum absolute atomic E-state index is 12.9. The van der Waals surface area contributed by atoms with Gasteiger partial charge >= 0.3 is 5.97 Å². The zero-order valence-electron chi connectivity index (χ0n) is 17.4. The van der Waals surface area contributed by atoms with Crippen molar-refractivity contribution in [3.05, 3.63) is 63.0 Å². The topological polar surface area (TPSA) is 90.3 Å². The Bertz CT molecular complexity index is 1150. The van der Waals surface area contributed by atoms with E-state index < -0.39 is 12.1 Å². The van der Waals surface area contributed by atoms with Crippen LogP contribution in [-0.4, -0.2) is 27.5 Å². The van der Waals surface area contributed by atoms with E-state index in [1.165, 1.54) is 22.7 Å². The second kappa shape index (κ2) is 9.43. The quantitative estimate of drug-likeness (QED) is 0.572. The average Bonchev–Trinajstić information content (AvgIpc) is 3.17. The van der Waals surface area contributed by atoms with Gasteiger partial charge < -0.3 is 10.1 Å².